The Bertz CT molecular complexity index is 275. The fourth-order valence-corrected chi connectivity index (χ4v) is 3.44. The minimum atomic E-state index is 0.0350. The first-order valence-corrected chi connectivity index (χ1v) is 7.33. The highest BCUT2D eigenvalue weighted by molar-refractivity contribution is 5.01. The maximum atomic E-state index is 9.79. The molecule has 0 heterocycles. The van der Waals surface area contributed by atoms with E-state index in [1.165, 1.54) is 38.5 Å². The second-order valence-corrected chi connectivity index (χ2v) is 6.50. The van der Waals surface area contributed by atoms with Crippen LogP contribution in [0.1, 0.15) is 51.4 Å². The van der Waals surface area contributed by atoms with Crippen LogP contribution in [-0.2, 0) is 0 Å². The normalized spacial score (nSPS) is 38.6. The number of aliphatic hydroxyl groups is 1. The Morgan fingerprint density at radius 3 is 2.53 bits per heavy atom. The van der Waals surface area contributed by atoms with E-state index >= 15 is 0 Å². The molecule has 0 saturated heterocycles. The zero-order chi connectivity index (χ0) is 11.9. The molecule has 3 saturated carbocycles. The van der Waals surface area contributed by atoms with Crippen molar-refractivity contribution < 1.29 is 5.11 Å². The Labute approximate surface area is 105 Å². The molecule has 17 heavy (non-hydrogen) atoms. The predicted octanol–water partition coefficient (Wildman–Crippen LogP) is 1.51. The van der Waals surface area contributed by atoms with Crippen molar-refractivity contribution >= 4 is 0 Å². The summed E-state index contributed by atoms with van der Waals surface area (Å²) in [6.07, 6.45) is 10.3. The standard InChI is InChI=1S/C14H26N2O/c1-16(12-6-7-12)13-3-2-8-14(9-13,10-17)15-11-4-5-11/h11-13,15,17H,2-10H2,1H3. The highest BCUT2D eigenvalue weighted by Gasteiger charge is 2.42. The van der Waals surface area contributed by atoms with Crippen LogP contribution in [0.3, 0.4) is 0 Å². The third-order valence-corrected chi connectivity index (χ3v) is 4.91. The van der Waals surface area contributed by atoms with Gasteiger partial charge in [-0.25, -0.2) is 0 Å². The van der Waals surface area contributed by atoms with Gasteiger partial charge in [0.25, 0.3) is 0 Å². The smallest absolute Gasteiger partial charge is 0.0613 e. The van der Waals surface area contributed by atoms with E-state index in [0.717, 1.165) is 18.9 Å². The average Bonchev–Trinajstić information content (AvgIpc) is 3.21. The summed E-state index contributed by atoms with van der Waals surface area (Å²) in [5.41, 5.74) is 0.0350. The van der Waals surface area contributed by atoms with Gasteiger partial charge in [0.2, 0.25) is 0 Å². The van der Waals surface area contributed by atoms with Crippen molar-refractivity contribution in [3.05, 3.63) is 0 Å². The van der Waals surface area contributed by atoms with E-state index in [0.29, 0.717) is 18.7 Å². The van der Waals surface area contributed by atoms with Gasteiger partial charge in [0, 0.05) is 23.7 Å². The first-order chi connectivity index (χ1) is 8.22. The van der Waals surface area contributed by atoms with Crippen molar-refractivity contribution in [2.45, 2.75) is 75.0 Å². The van der Waals surface area contributed by atoms with Crippen LogP contribution in [0.25, 0.3) is 0 Å². The minimum absolute atomic E-state index is 0.0350. The van der Waals surface area contributed by atoms with Crippen LogP contribution in [0.4, 0.5) is 0 Å². The lowest BCUT2D eigenvalue weighted by atomic mass is 9.78. The number of nitrogens with zero attached hydrogens (tertiary/aromatic N) is 1. The SMILES string of the molecule is CN(C1CC1)C1CCCC(CO)(NC2CC2)C1. The molecule has 0 spiro atoms. The third-order valence-electron chi connectivity index (χ3n) is 4.91. The average molecular weight is 238 g/mol. The highest BCUT2D eigenvalue weighted by atomic mass is 16.3. The summed E-state index contributed by atoms with van der Waals surface area (Å²) >= 11 is 0. The van der Waals surface area contributed by atoms with E-state index in [2.05, 4.69) is 17.3 Å². The van der Waals surface area contributed by atoms with E-state index in [9.17, 15) is 5.11 Å². The second-order valence-electron chi connectivity index (χ2n) is 6.50. The van der Waals surface area contributed by atoms with Crippen LogP contribution in [0.2, 0.25) is 0 Å². The third kappa shape index (κ3) is 2.67. The number of nitrogens with one attached hydrogen (secondary N) is 1. The van der Waals surface area contributed by atoms with Crippen molar-refractivity contribution in [2.75, 3.05) is 13.7 Å². The van der Waals surface area contributed by atoms with Crippen LogP contribution in [0.5, 0.6) is 0 Å². The second kappa shape index (κ2) is 4.52. The summed E-state index contributed by atoms with van der Waals surface area (Å²) in [7, 11) is 2.28. The molecule has 3 heteroatoms. The first kappa shape index (κ1) is 11.9. The Kier molecular flexibility index (Phi) is 3.18. The minimum Gasteiger partial charge on any atom is -0.394 e. The van der Waals surface area contributed by atoms with E-state index in [1.807, 2.05) is 0 Å². The summed E-state index contributed by atoms with van der Waals surface area (Å²) in [6.45, 7) is 0.318. The molecule has 3 rings (SSSR count). The van der Waals surface area contributed by atoms with Crippen molar-refractivity contribution in [1.82, 2.24) is 10.2 Å². The van der Waals surface area contributed by atoms with E-state index in [4.69, 9.17) is 0 Å². The van der Waals surface area contributed by atoms with Crippen LogP contribution >= 0.6 is 0 Å². The Balaban J connectivity index is 1.63. The van der Waals surface area contributed by atoms with Gasteiger partial charge in [-0.05, 0) is 58.4 Å². The molecule has 98 valence electrons. The van der Waals surface area contributed by atoms with Crippen LogP contribution in [0, 0.1) is 0 Å². The van der Waals surface area contributed by atoms with Gasteiger partial charge >= 0.3 is 0 Å². The molecule has 0 aliphatic heterocycles. The number of aliphatic hydroxyl groups excluding tert-OH is 1. The molecule has 3 fully saturated rings. The number of hydrogen-bond acceptors (Lipinski definition) is 3. The van der Waals surface area contributed by atoms with Crippen molar-refractivity contribution in [1.29, 1.82) is 0 Å². The first-order valence-electron chi connectivity index (χ1n) is 7.33. The molecule has 0 aromatic rings. The summed E-state index contributed by atoms with van der Waals surface area (Å²) in [6, 6.07) is 2.23. The van der Waals surface area contributed by atoms with Crippen LogP contribution < -0.4 is 5.32 Å². The fourth-order valence-electron chi connectivity index (χ4n) is 3.44. The Morgan fingerprint density at radius 2 is 1.94 bits per heavy atom. The molecule has 2 unspecified atom stereocenters. The summed E-state index contributed by atoms with van der Waals surface area (Å²) in [5.74, 6) is 0. The lowest BCUT2D eigenvalue weighted by Gasteiger charge is -2.44. The molecular weight excluding hydrogens is 212 g/mol. The summed E-state index contributed by atoms with van der Waals surface area (Å²) in [4.78, 5) is 2.58. The molecular formula is C14H26N2O. The van der Waals surface area contributed by atoms with Gasteiger partial charge in [0.05, 0.1) is 6.61 Å². The maximum absolute atomic E-state index is 9.79. The largest absolute Gasteiger partial charge is 0.394 e. The predicted molar refractivity (Wildman–Crippen MR) is 69.0 cm³/mol. The quantitative estimate of drug-likeness (QED) is 0.762. The topological polar surface area (TPSA) is 35.5 Å². The van der Waals surface area contributed by atoms with E-state index in [-0.39, 0.29) is 5.54 Å². The van der Waals surface area contributed by atoms with E-state index < -0.39 is 0 Å². The molecule has 3 aliphatic carbocycles. The molecule has 2 N–H and O–H groups in total. The Hall–Kier alpha value is -0.120. The monoisotopic (exact) mass is 238 g/mol. The molecule has 0 radical (unpaired) electrons. The van der Waals surface area contributed by atoms with Crippen molar-refractivity contribution in [3.8, 4) is 0 Å². The lowest BCUT2D eigenvalue weighted by Crippen LogP contribution is -2.56. The van der Waals surface area contributed by atoms with Gasteiger partial charge in [0.1, 0.15) is 0 Å². The number of hydrogen-bond donors (Lipinski definition) is 2. The van der Waals surface area contributed by atoms with Gasteiger partial charge in [-0.2, -0.15) is 0 Å². The van der Waals surface area contributed by atoms with Gasteiger partial charge in [-0.1, -0.05) is 0 Å². The molecule has 0 bridgehead atoms. The highest BCUT2D eigenvalue weighted by Crippen LogP contribution is 2.37. The molecule has 2 atom stereocenters. The summed E-state index contributed by atoms with van der Waals surface area (Å²) in [5, 5.41) is 13.5. The van der Waals surface area contributed by atoms with Crippen LogP contribution in [0.15, 0.2) is 0 Å². The zero-order valence-electron chi connectivity index (χ0n) is 11.0. The van der Waals surface area contributed by atoms with Crippen molar-refractivity contribution in [3.63, 3.8) is 0 Å². The van der Waals surface area contributed by atoms with Gasteiger partial charge < -0.3 is 15.3 Å². The molecule has 0 aromatic heterocycles. The maximum Gasteiger partial charge on any atom is 0.0613 e. The molecule has 0 amide bonds. The van der Waals surface area contributed by atoms with Gasteiger partial charge in [-0.15, -0.1) is 0 Å². The van der Waals surface area contributed by atoms with E-state index in [1.54, 1.807) is 0 Å². The molecule has 0 aromatic carbocycles. The van der Waals surface area contributed by atoms with Gasteiger partial charge in [0.15, 0.2) is 0 Å². The lowest BCUT2D eigenvalue weighted by molar-refractivity contribution is 0.0654. The number of rotatable bonds is 5. The summed E-state index contributed by atoms with van der Waals surface area (Å²) < 4.78 is 0. The zero-order valence-corrected chi connectivity index (χ0v) is 11.0. The van der Waals surface area contributed by atoms with Crippen LogP contribution in [-0.4, -0.2) is 47.3 Å². The molecule has 3 nitrogen and oxygen atoms in total. The fraction of sp³-hybridized carbons (Fsp3) is 1.00. The van der Waals surface area contributed by atoms with Gasteiger partial charge in [-0.3, -0.25) is 0 Å². The Morgan fingerprint density at radius 1 is 1.18 bits per heavy atom. The van der Waals surface area contributed by atoms with Crippen molar-refractivity contribution in [2.24, 2.45) is 0 Å². The molecule has 3 aliphatic rings.